The van der Waals surface area contributed by atoms with Gasteiger partial charge in [0.25, 0.3) is 0 Å². The van der Waals surface area contributed by atoms with Gasteiger partial charge in [0, 0.05) is 22.9 Å². The van der Waals surface area contributed by atoms with Gasteiger partial charge in [0.1, 0.15) is 0 Å². The van der Waals surface area contributed by atoms with Gasteiger partial charge in [0.15, 0.2) is 0 Å². The number of rotatable bonds is 5. The van der Waals surface area contributed by atoms with Crippen LogP contribution >= 0.6 is 15.9 Å². The smallest absolute Gasteiger partial charge is 0.0372 e. The summed E-state index contributed by atoms with van der Waals surface area (Å²) in [4.78, 5) is 4.07. The molecule has 0 aliphatic heterocycles. The molecule has 1 atom stereocenters. The van der Waals surface area contributed by atoms with Crippen LogP contribution in [-0.4, -0.2) is 11.5 Å². The van der Waals surface area contributed by atoms with Crippen LogP contribution in [-0.2, 0) is 6.42 Å². The standard InChI is InChI=1S/C16H19BrN2/c1-3-19-16(11-13-6-8-18-9-7-13)14-5-4-12(2)10-15(14)17/h4-10,16,19H,3,11H2,1-2H3. The summed E-state index contributed by atoms with van der Waals surface area (Å²) in [6.07, 6.45) is 4.67. The molecule has 2 nitrogen and oxygen atoms in total. The Hall–Kier alpha value is -1.19. The zero-order chi connectivity index (χ0) is 13.7. The molecule has 0 radical (unpaired) electrons. The monoisotopic (exact) mass is 318 g/mol. The number of halogens is 1. The summed E-state index contributed by atoms with van der Waals surface area (Å²) in [6.45, 7) is 5.21. The molecule has 1 heterocycles. The number of hydrogen-bond donors (Lipinski definition) is 1. The van der Waals surface area contributed by atoms with Crippen molar-refractivity contribution < 1.29 is 0 Å². The molecule has 0 spiro atoms. The molecule has 0 bridgehead atoms. The van der Waals surface area contributed by atoms with Crippen molar-refractivity contribution in [3.63, 3.8) is 0 Å². The largest absolute Gasteiger partial charge is 0.310 e. The molecule has 100 valence electrons. The van der Waals surface area contributed by atoms with Gasteiger partial charge in [-0.25, -0.2) is 0 Å². The Morgan fingerprint density at radius 3 is 2.58 bits per heavy atom. The maximum absolute atomic E-state index is 4.07. The highest BCUT2D eigenvalue weighted by Gasteiger charge is 2.14. The molecule has 2 aromatic rings. The highest BCUT2D eigenvalue weighted by molar-refractivity contribution is 9.10. The molecule has 2 rings (SSSR count). The molecule has 0 amide bonds. The van der Waals surface area contributed by atoms with Gasteiger partial charge in [-0.1, -0.05) is 35.0 Å². The lowest BCUT2D eigenvalue weighted by atomic mass is 9.98. The van der Waals surface area contributed by atoms with Gasteiger partial charge in [-0.3, -0.25) is 4.98 Å². The van der Waals surface area contributed by atoms with Crippen molar-refractivity contribution in [2.24, 2.45) is 0 Å². The van der Waals surface area contributed by atoms with E-state index in [2.05, 4.69) is 70.4 Å². The van der Waals surface area contributed by atoms with Gasteiger partial charge in [0.05, 0.1) is 0 Å². The number of aryl methyl sites for hydroxylation is 1. The van der Waals surface area contributed by atoms with E-state index in [1.54, 1.807) is 0 Å². The van der Waals surface area contributed by atoms with Crippen LogP contribution in [0, 0.1) is 6.92 Å². The zero-order valence-corrected chi connectivity index (χ0v) is 12.9. The molecule has 1 N–H and O–H groups in total. The molecule has 0 aliphatic carbocycles. The van der Waals surface area contributed by atoms with Crippen molar-refractivity contribution in [2.45, 2.75) is 26.3 Å². The van der Waals surface area contributed by atoms with Crippen molar-refractivity contribution in [1.82, 2.24) is 10.3 Å². The van der Waals surface area contributed by atoms with Crippen LogP contribution in [0.25, 0.3) is 0 Å². The van der Waals surface area contributed by atoms with Crippen LogP contribution in [0.1, 0.15) is 29.7 Å². The Balaban J connectivity index is 2.24. The first-order valence-corrected chi connectivity index (χ1v) is 7.38. The molecule has 1 aromatic carbocycles. The Kier molecular flexibility index (Phi) is 5.11. The summed E-state index contributed by atoms with van der Waals surface area (Å²) in [6, 6.07) is 11.0. The van der Waals surface area contributed by atoms with Gasteiger partial charge < -0.3 is 5.32 Å². The topological polar surface area (TPSA) is 24.9 Å². The fourth-order valence-corrected chi connectivity index (χ4v) is 2.98. The summed E-state index contributed by atoms with van der Waals surface area (Å²) < 4.78 is 1.17. The van der Waals surface area contributed by atoms with Gasteiger partial charge in [0.2, 0.25) is 0 Å². The molecular formula is C16H19BrN2. The predicted octanol–water partition coefficient (Wildman–Crippen LogP) is 4.05. The summed E-state index contributed by atoms with van der Waals surface area (Å²) in [5, 5.41) is 3.56. The average molecular weight is 319 g/mol. The third-order valence-electron chi connectivity index (χ3n) is 3.17. The molecule has 1 aromatic heterocycles. The van der Waals surface area contributed by atoms with Crippen molar-refractivity contribution in [3.05, 3.63) is 63.9 Å². The maximum Gasteiger partial charge on any atom is 0.0372 e. The SMILES string of the molecule is CCNC(Cc1ccncc1)c1ccc(C)cc1Br. The summed E-state index contributed by atoms with van der Waals surface area (Å²) >= 11 is 3.68. The van der Waals surface area contributed by atoms with Gasteiger partial charge >= 0.3 is 0 Å². The molecule has 0 saturated heterocycles. The number of nitrogens with one attached hydrogen (secondary N) is 1. The highest BCUT2D eigenvalue weighted by atomic mass is 79.9. The highest BCUT2D eigenvalue weighted by Crippen LogP contribution is 2.27. The average Bonchev–Trinajstić information content (AvgIpc) is 2.39. The number of nitrogens with zero attached hydrogens (tertiary/aromatic N) is 1. The van der Waals surface area contributed by atoms with E-state index in [-0.39, 0.29) is 0 Å². The lowest BCUT2D eigenvalue weighted by Crippen LogP contribution is -2.23. The van der Waals surface area contributed by atoms with Crippen molar-refractivity contribution in [2.75, 3.05) is 6.54 Å². The molecule has 0 saturated carbocycles. The molecule has 3 heteroatoms. The lowest BCUT2D eigenvalue weighted by Gasteiger charge is -2.20. The molecular weight excluding hydrogens is 300 g/mol. The van der Waals surface area contributed by atoms with Crippen LogP contribution in [0.15, 0.2) is 47.2 Å². The Bertz CT molecular complexity index is 526. The Morgan fingerprint density at radius 1 is 1.21 bits per heavy atom. The molecule has 19 heavy (non-hydrogen) atoms. The second-order valence-corrected chi connectivity index (χ2v) is 5.55. The van der Waals surface area contributed by atoms with Crippen molar-refractivity contribution in [1.29, 1.82) is 0 Å². The number of likely N-dealkylation sites (N-methyl/N-ethyl adjacent to an activating group) is 1. The van der Waals surface area contributed by atoms with E-state index in [1.165, 1.54) is 21.2 Å². The first kappa shape index (κ1) is 14.2. The van der Waals surface area contributed by atoms with E-state index in [9.17, 15) is 0 Å². The van der Waals surface area contributed by atoms with E-state index >= 15 is 0 Å². The third kappa shape index (κ3) is 3.88. The van der Waals surface area contributed by atoms with Crippen LogP contribution in [0.2, 0.25) is 0 Å². The molecule has 0 aliphatic rings. The minimum Gasteiger partial charge on any atom is -0.310 e. The summed E-state index contributed by atoms with van der Waals surface area (Å²) in [7, 11) is 0. The Morgan fingerprint density at radius 2 is 1.95 bits per heavy atom. The van der Waals surface area contributed by atoms with Crippen LogP contribution in [0.4, 0.5) is 0 Å². The van der Waals surface area contributed by atoms with Gasteiger partial charge in [-0.15, -0.1) is 0 Å². The minimum absolute atomic E-state index is 0.322. The Labute approximate surface area is 123 Å². The van der Waals surface area contributed by atoms with Crippen LogP contribution in [0.3, 0.4) is 0 Å². The van der Waals surface area contributed by atoms with E-state index in [1.807, 2.05) is 12.4 Å². The van der Waals surface area contributed by atoms with E-state index in [0.717, 1.165) is 13.0 Å². The van der Waals surface area contributed by atoms with Gasteiger partial charge in [-0.05, 0) is 54.8 Å². The van der Waals surface area contributed by atoms with E-state index < -0.39 is 0 Å². The lowest BCUT2D eigenvalue weighted by molar-refractivity contribution is 0.547. The number of hydrogen-bond acceptors (Lipinski definition) is 2. The van der Waals surface area contributed by atoms with E-state index in [4.69, 9.17) is 0 Å². The summed E-state index contributed by atoms with van der Waals surface area (Å²) in [5.41, 5.74) is 3.88. The van der Waals surface area contributed by atoms with Crippen LogP contribution < -0.4 is 5.32 Å². The van der Waals surface area contributed by atoms with Crippen molar-refractivity contribution in [3.8, 4) is 0 Å². The third-order valence-corrected chi connectivity index (χ3v) is 3.86. The number of pyridine rings is 1. The first-order chi connectivity index (χ1) is 9.20. The molecule has 1 unspecified atom stereocenters. The fraction of sp³-hybridized carbons (Fsp3) is 0.312. The number of aromatic nitrogens is 1. The minimum atomic E-state index is 0.322. The van der Waals surface area contributed by atoms with Crippen molar-refractivity contribution >= 4 is 15.9 Å². The van der Waals surface area contributed by atoms with E-state index in [0.29, 0.717) is 6.04 Å². The zero-order valence-electron chi connectivity index (χ0n) is 11.4. The predicted molar refractivity (Wildman–Crippen MR) is 83.2 cm³/mol. The quantitative estimate of drug-likeness (QED) is 0.899. The van der Waals surface area contributed by atoms with Crippen LogP contribution in [0.5, 0.6) is 0 Å². The van der Waals surface area contributed by atoms with Gasteiger partial charge in [-0.2, -0.15) is 0 Å². The summed E-state index contributed by atoms with van der Waals surface area (Å²) in [5.74, 6) is 0. The molecule has 0 fully saturated rings. The second kappa shape index (κ2) is 6.83. The first-order valence-electron chi connectivity index (χ1n) is 6.59. The fourth-order valence-electron chi connectivity index (χ4n) is 2.21. The maximum atomic E-state index is 4.07. The second-order valence-electron chi connectivity index (χ2n) is 4.69. The number of benzene rings is 1. The normalized spacial score (nSPS) is 12.4.